The number of benzene rings is 2. The molecule has 0 atom stereocenters. The van der Waals surface area contributed by atoms with E-state index >= 15 is 0 Å². The van der Waals surface area contributed by atoms with E-state index in [4.69, 9.17) is 22.1 Å². The number of rotatable bonds is 6. The van der Waals surface area contributed by atoms with Gasteiger partial charge in [-0.2, -0.15) is 0 Å². The van der Waals surface area contributed by atoms with E-state index in [1.165, 1.54) is 0 Å². The molecule has 0 amide bonds. The van der Waals surface area contributed by atoms with Crippen LogP contribution in [0.2, 0.25) is 5.02 Å². The van der Waals surface area contributed by atoms with Gasteiger partial charge in [0, 0.05) is 15.7 Å². The zero-order valence-corrected chi connectivity index (χ0v) is 13.0. The van der Waals surface area contributed by atoms with Crippen molar-refractivity contribution in [2.45, 2.75) is 24.0 Å². The van der Waals surface area contributed by atoms with Crippen molar-refractivity contribution in [3.63, 3.8) is 0 Å². The molecule has 4 heteroatoms. The van der Waals surface area contributed by atoms with Crippen molar-refractivity contribution in [2.24, 2.45) is 0 Å². The lowest BCUT2D eigenvalue weighted by molar-refractivity contribution is 0.318. The van der Waals surface area contributed by atoms with Crippen LogP contribution in [0.5, 0.6) is 5.75 Å². The fraction of sp³-hybridized carbons (Fsp3) is 0.250. The van der Waals surface area contributed by atoms with Crippen LogP contribution in [-0.4, -0.2) is 6.61 Å². The third-order valence-electron chi connectivity index (χ3n) is 2.80. The molecule has 0 unspecified atom stereocenters. The Morgan fingerprint density at radius 2 is 2.00 bits per heavy atom. The van der Waals surface area contributed by atoms with E-state index in [1.54, 1.807) is 11.8 Å². The third-order valence-corrected chi connectivity index (χ3v) is 4.21. The number of nitrogens with two attached hydrogens (primary N) is 1. The summed E-state index contributed by atoms with van der Waals surface area (Å²) < 4.78 is 5.64. The van der Waals surface area contributed by atoms with Crippen LogP contribution in [-0.2, 0) is 5.75 Å². The molecular weight excluding hydrogens is 290 g/mol. The highest BCUT2D eigenvalue weighted by Crippen LogP contribution is 2.31. The molecular formula is C16H18ClNOS. The molecule has 0 saturated heterocycles. The molecule has 0 radical (unpaired) electrons. The first kappa shape index (κ1) is 15.1. The molecule has 106 valence electrons. The number of hydrogen-bond acceptors (Lipinski definition) is 3. The molecule has 0 aliphatic carbocycles. The van der Waals surface area contributed by atoms with E-state index < -0.39 is 0 Å². The molecule has 0 heterocycles. The highest BCUT2D eigenvalue weighted by molar-refractivity contribution is 7.98. The van der Waals surface area contributed by atoms with Gasteiger partial charge < -0.3 is 10.5 Å². The normalized spacial score (nSPS) is 10.5. The Kier molecular flexibility index (Phi) is 5.62. The maximum absolute atomic E-state index is 6.16. The van der Waals surface area contributed by atoms with Crippen LogP contribution in [0.4, 0.5) is 5.69 Å². The smallest absolute Gasteiger partial charge is 0.143 e. The second kappa shape index (κ2) is 7.46. The minimum absolute atomic E-state index is 0.681. The van der Waals surface area contributed by atoms with Crippen LogP contribution in [0.25, 0.3) is 0 Å². The van der Waals surface area contributed by atoms with E-state index in [1.807, 2.05) is 42.5 Å². The molecule has 0 saturated carbocycles. The van der Waals surface area contributed by atoms with Crippen LogP contribution in [0.1, 0.15) is 18.9 Å². The molecule has 2 rings (SSSR count). The average molecular weight is 308 g/mol. The van der Waals surface area contributed by atoms with Crippen molar-refractivity contribution >= 4 is 29.1 Å². The average Bonchev–Trinajstić information content (AvgIpc) is 2.46. The second-order valence-corrected chi connectivity index (χ2v) is 5.88. The van der Waals surface area contributed by atoms with Crippen molar-refractivity contribution in [3.05, 3.63) is 53.1 Å². The van der Waals surface area contributed by atoms with Gasteiger partial charge in [0.15, 0.2) is 0 Å². The van der Waals surface area contributed by atoms with Gasteiger partial charge in [0.05, 0.1) is 12.3 Å². The predicted molar refractivity (Wildman–Crippen MR) is 87.7 cm³/mol. The summed E-state index contributed by atoms with van der Waals surface area (Å²) in [5, 5.41) is 0.804. The molecule has 2 aromatic carbocycles. The van der Waals surface area contributed by atoms with Gasteiger partial charge in [-0.15, -0.1) is 11.8 Å². The van der Waals surface area contributed by atoms with Crippen LogP contribution in [0.3, 0.4) is 0 Å². The standard InChI is InChI=1S/C16H18ClNOS/c1-2-9-19-16-10-13(7-8-15(16)18)20-11-12-5-3-4-6-14(12)17/h3-8,10H,2,9,11,18H2,1H3. The van der Waals surface area contributed by atoms with Crippen LogP contribution < -0.4 is 10.5 Å². The molecule has 0 fully saturated rings. The van der Waals surface area contributed by atoms with E-state index in [0.29, 0.717) is 12.3 Å². The molecule has 0 spiro atoms. The summed E-state index contributed by atoms with van der Waals surface area (Å²) in [6.45, 7) is 2.76. The minimum atomic E-state index is 0.681. The predicted octanol–water partition coefficient (Wildman–Crippen LogP) is 5.00. The Labute approximate surface area is 129 Å². The molecule has 0 bridgehead atoms. The summed E-state index contributed by atoms with van der Waals surface area (Å²) in [5.41, 5.74) is 7.72. The maximum Gasteiger partial charge on any atom is 0.143 e. The van der Waals surface area contributed by atoms with Crippen molar-refractivity contribution in [1.82, 2.24) is 0 Å². The number of nitrogen functional groups attached to an aromatic ring is 1. The van der Waals surface area contributed by atoms with Gasteiger partial charge in [-0.25, -0.2) is 0 Å². The van der Waals surface area contributed by atoms with Crippen LogP contribution >= 0.6 is 23.4 Å². The van der Waals surface area contributed by atoms with Gasteiger partial charge in [0.1, 0.15) is 5.75 Å². The molecule has 0 aliphatic rings. The van der Waals surface area contributed by atoms with Gasteiger partial charge in [0.25, 0.3) is 0 Å². The highest BCUT2D eigenvalue weighted by atomic mass is 35.5. The van der Waals surface area contributed by atoms with Crippen molar-refractivity contribution in [1.29, 1.82) is 0 Å². The van der Waals surface area contributed by atoms with Crippen molar-refractivity contribution < 1.29 is 4.74 Å². The number of thioether (sulfide) groups is 1. The highest BCUT2D eigenvalue weighted by Gasteiger charge is 2.05. The lowest BCUT2D eigenvalue weighted by atomic mass is 10.2. The molecule has 2 aromatic rings. The van der Waals surface area contributed by atoms with Gasteiger partial charge in [-0.05, 0) is 36.2 Å². The van der Waals surface area contributed by atoms with E-state index in [-0.39, 0.29) is 0 Å². The third kappa shape index (κ3) is 4.09. The fourth-order valence-electron chi connectivity index (χ4n) is 1.72. The van der Waals surface area contributed by atoms with E-state index in [2.05, 4.69) is 6.92 Å². The summed E-state index contributed by atoms with van der Waals surface area (Å²) in [6, 6.07) is 13.8. The first-order chi connectivity index (χ1) is 9.70. The zero-order chi connectivity index (χ0) is 14.4. The second-order valence-electron chi connectivity index (χ2n) is 4.43. The molecule has 20 heavy (non-hydrogen) atoms. The Morgan fingerprint density at radius 1 is 1.20 bits per heavy atom. The first-order valence-electron chi connectivity index (χ1n) is 6.59. The first-order valence-corrected chi connectivity index (χ1v) is 7.95. The molecule has 2 N–H and O–H groups in total. The summed E-state index contributed by atoms with van der Waals surface area (Å²) in [5.74, 6) is 1.59. The van der Waals surface area contributed by atoms with Gasteiger partial charge in [-0.1, -0.05) is 36.7 Å². The summed E-state index contributed by atoms with van der Waals surface area (Å²) in [6.07, 6.45) is 0.969. The number of anilines is 1. The Hall–Kier alpha value is -1.32. The summed E-state index contributed by atoms with van der Waals surface area (Å²) in [4.78, 5) is 1.13. The van der Waals surface area contributed by atoms with E-state index in [0.717, 1.165) is 33.4 Å². The summed E-state index contributed by atoms with van der Waals surface area (Å²) in [7, 11) is 0. The summed E-state index contributed by atoms with van der Waals surface area (Å²) >= 11 is 7.88. The van der Waals surface area contributed by atoms with Crippen molar-refractivity contribution in [3.8, 4) is 5.75 Å². The van der Waals surface area contributed by atoms with Crippen LogP contribution in [0.15, 0.2) is 47.4 Å². The van der Waals surface area contributed by atoms with Crippen molar-refractivity contribution in [2.75, 3.05) is 12.3 Å². The number of halogens is 1. The topological polar surface area (TPSA) is 35.2 Å². The SMILES string of the molecule is CCCOc1cc(SCc2ccccc2Cl)ccc1N. The largest absolute Gasteiger partial charge is 0.491 e. The lowest BCUT2D eigenvalue weighted by Crippen LogP contribution is -1.99. The minimum Gasteiger partial charge on any atom is -0.491 e. The number of ether oxygens (including phenoxy) is 1. The number of hydrogen-bond donors (Lipinski definition) is 1. The molecule has 0 aliphatic heterocycles. The Balaban J connectivity index is 2.04. The van der Waals surface area contributed by atoms with E-state index in [9.17, 15) is 0 Å². The van der Waals surface area contributed by atoms with Gasteiger partial charge in [-0.3, -0.25) is 0 Å². The van der Waals surface area contributed by atoms with Crippen LogP contribution in [0, 0.1) is 0 Å². The lowest BCUT2D eigenvalue weighted by Gasteiger charge is -2.10. The monoisotopic (exact) mass is 307 g/mol. The molecule has 2 nitrogen and oxygen atoms in total. The fourth-order valence-corrected chi connectivity index (χ4v) is 2.93. The quantitative estimate of drug-likeness (QED) is 0.602. The van der Waals surface area contributed by atoms with Gasteiger partial charge >= 0.3 is 0 Å². The maximum atomic E-state index is 6.16. The zero-order valence-electron chi connectivity index (χ0n) is 11.4. The molecule has 0 aromatic heterocycles. The van der Waals surface area contributed by atoms with Gasteiger partial charge in [0.2, 0.25) is 0 Å². The Morgan fingerprint density at radius 3 is 2.75 bits per heavy atom. The Bertz CT molecular complexity index is 574.